The minimum atomic E-state index is -0.203. The quantitative estimate of drug-likeness (QED) is 0.532. The molecule has 0 bridgehead atoms. The van der Waals surface area contributed by atoms with Crippen LogP contribution in [0.3, 0.4) is 0 Å². The zero-order chi connectivity index (χ0) is 24.4. The molecule has 1 aromatic heterocycles. The highest BCUT2D eigenvalue weighted by atomic mass is 35.5. The Balaban J connectivity index is 1.52. The maximum Gasteiger partial charge on any atom is 0.225 e. The predicted octanol–water partition coefficient (Wildman–Crippen LogP) is 5.31. The maximum absolute atomic E-state index is 13.4. The lowest BCUT2D eigenvalue weighted by atomic mass is 9.86. The van der Waals surface area contributed by atoms with Crippen LogP contribution < -0.4 is 4.74 Å². The van der Waals surface area contributed by atoms with E-state index in [4.69, 9.17) is 39.5 Å². The van der Waals surface area contributed by atoms with Crippen molar-refractivity contribution < 1.29 is 14.3 Å². The molecule has 34 heavy (non-hydrogen) atoms. The number of halogens is 3. The number of hydrogen-bond donors (Lipinski definition) is 0. The summed E-state index contributed by atoms with van der Waals surface area (Å²) in [6.07, 6.45) is 2.73. The molecule has 1 aromatic carbocycles. The molecule has 3 unspecified atom stereocenters. The molecule has 3 heterocycles. The summed E-state index contributed by atoms with van der Waals surface area (Å²) in [4.78, 5) is 33.1. The zero-order valence-electron chi connectivity index (χ0n) is 19.2. The summed E-state index contributed by atoms with van der Waals surface area (Å²) in [5.74, 6) is 0.708. The van der Waals surface area contributed by atoms with E-state index in [2.05, 4.69) is 4.98 Å². The lowest BCUT2D eigenvalue weighted by Gasteiger charge is -2.32. The normalized spacial score (nSPS) is 22.0. The summed E-state index contributed by atoms with van der Waals surface area (Å²) in [5, 5.41) is 1.54. The van der Waals surface area contributed by atoms with E-state index in [-0.39, 0.29) is 35.7 Å². The molecule has 2 aliphatic heterocycles. The van der Waals surface area contributed by atoms with Crippen LogP contribution in [-0.4, -0.2) is 58.9 Å². The lowest BCUT2D eigenvalue weighted by Crippen LogP contribution is -2.43. The van der Waals surface area contributed by atoms with Crippen LogP contribution in [0.4, 0.5) is 0 Å². The van der Waals surface area contributed by atoms with Crippen LogP contribution >= 0.6 is 34.8 Å². The van der Waals surface area contributed by atoms with Crippen molar-refractivity contribution in [3.05, 3.63) is 57.2 Å². The van der Waals surface area contributed by atoms with Gasteiger partial charge in [0.05, 0.1) is 15.1 Å². The number of ether oxygens (including phenoxy) is 1. The van der Waals surface area contributed by atoms with Crippen LogP contribution in [0.2, 0.25) is 15.1 Å². The van der Waals surface area contributed by atoms with Crippen molar-refractivity contribution in [3.8, 4) is 5.88 Å². The summed E-state index contributed by atoms with van der Waals surface area (Å²) in [6, 6.07) is 9.13. The van der Waals surface area contributed by atoms with Crippen LogP contribution in [0, 0.1) is 11.8 Å². The first kappa shape index (κ1) is 25.1. The summed E-state index contributed by atoms with van der Waals surface area (Å²) in [6.45, 7) is 5.99. The summed E-state index contributed by atoms with van der Waals surface area (Å²) in [7, 11) is 0. The Kier molecular flexibility index (Phi) is 7.90. The number of piperidine rings is 1. The highest BCUT2D eigenvalue weighted by molar-refractivity contribution is 6.42. The number of hydrogen-bond acceptors (Lipinski definition) is 4. The number of pyridine rings is 1. The largest absolute Gasteiger partial charge is 0.474 e. The average molecular weight is 525 g/mol. The molecule has 2 amide bonds. The molecule has 9 heteroatoms. The molecule has 4 rings (SSSR count). The van der Waals surface area contributed by atoms with Gasteiger partial charge in [-0.05, 0) is 43.5 Å². The molecule has 0 radical (unpaired) electrons. The number of carbonyl (C=O) groups is 2. The monoisotopic (exact) mass is 523 g/mol. The Morgan fingerprint density at radius 2 is 1.76 bits per heavy atom. The number of amides is 2. The topological polar surface area (TPSA) is 62.7 Å². The molecular formula is C25H28Cl3N3O3. The van der Waals surface area contributed by atoms with E-state index in [0.717, 1.165) is 5.56 Å². The van der Waals surface area contributed by atoms with Gasteiger partial charge >= 0.3 is 0 Å². The average Bonchev–Trinajstić information content (AvgIpc) is 3.27. The van der Waals surface area contributed by atoms with Gasteiger partial charge in [0, 0.05) is 63.1 Å². The van der Waals surface area contributed by atoms with E-state index >= 15 is 0 Å². The molecule has 182 valence electrons. The van der Waals surface area contributed by atoms with Gasteiger partial charge in [-0.1, -0.05) is 40.9 Å². The Morgan fingerprint density at radius 3 is 2.38 bits per heavy atom. The van der Waals surface area contributed by atoms with Gasteiger partial charge in [-0.2, -0.15) is 0 Å². The van der Waals surface area contributed by atoms with Crippen LogP contribution in [0.1, 0.15) is 38.2 Å². The summed E-state index contributed by atoms with van der Waals surface area (Å²) in [5.41, 5.74) is 1.03. The fourth-order valence-corrected chi connectivity index (χ4v) is 5.41. The third kappa shape index (κ3) is 5.61. The molecule has 0 saturated carbocycles. The van der Waals surface area contributed by atoms with Crippen LogP contribution in [-0.2, 0) is 9.59 Å². The number of likely N-dealkylation sites (tertiary alicyclic amines) is 2. The number of rotatable bonds is 5. The van der Waals surface area contributed by atoms with Crippen molar-refractivity contribution in [1.82, 2.24) is 14.8 Å². The van der Waals surface area contributed by atoms with Crippen molar-refractivity contribution in [2.75, 3.05) is 26.2 Å². The van der Waals surface area contributed by atoms with Gasteiger partial charge < -0.3 is 14.5 Å². The smallest absolute Gasteiger partial charge is 0.225 e. The number of benzene rings is 1. The van der Waals surface area contributed by atoms with E-state index in [9.17, 15) is 9.59 Å². The summed E-state index contributed by atoms with van der Waals surface area (Å²) >= 11 is 18.4. The molecule has 0 spiro atoms. The van der Waals surface area contributed by atoms with E-state index in [1.54, 1.807) is 31.3 Å². The van der Waals surface area contributed by atoms with Crippen LogP contribution in [0.15, 0.2) is 36.5 Å². The molecule has 2 aliphatic rings. The first-order chi connectivity index (χ1) is 16.2. The van der Waals surface area contributed by atoms with Gasteiger partial charge in [0.15, 0.2) is 0 Å². The SMILES string of the molecule is CC(=O)N1CCC(C(=O)N2CC(c3ccc(Cl)c(Cl)c3)C(C(C)Oc3ccc(Cl)cn3)C2)CC1. The van der Waals surface area contributed by atoms with Crippen molar-refractivity contribution in [3.63, 3.8) is 0 Å². The standard InChI is InChI=1S/C25H28Cl3N3O3/c1-15(34-24-6-4-19(26)12-29-24)20-13-31(14-21(20)18-3-5-22(27)23(28)11-18)25(33)17-7-9-30(10-8-17)16(2)32/h3-6,11-12,15,17,20-21H,7-10,13-14H2,1-2H3. The second-order valence-electron chi connectivity index (χ2n) is 9.11. The highest BCUT2D eigenvalue weighted by Gasteiger charge is 2.42. The predicted molar refractivity (Wildman–Crippen MR) is 134 cm³/mol. The van der Waals surface area contributed by atoms with Gasteiger partial charge in [-0.25, -0.2) is 4.98 Å². The molecule has 2 aromatic rings. The second-order valence-corrected chi connectivity index (χ2v) is 10.4. The van der Waals surface area contributed by atoms with E-state index in [1.165, 1.54) is 0 Å². The van der Waals surface area contributed by atoms with Gasteiger partial charge in [-0.15, -0.1) is 0 Å². The van der Waals surface area contributed by atoms with Crippen molar-refractivity contribution >= 4 is 46.6 Å². The molecule has 2 fully saturated rings. The van der Waals surface area contributed by atoms with E-state index in [1.807, 2.05) is 28.9 Å². The van der Waals surface area contributed by atoms with E-state index in [0.29, 0.717) is 60.0 Å². The van der Waals surface area contributed by atoms with Crippen molar-refractivity contribution in [1.29, 1.82) is 0 Å². The first-order valence-electron chi connectivity index (χ1n) is 11.5. The maximum atomic E-state index is 13.4. The van der Waals surface area contributed by atoms with Crippen LogP contribution in [0.5, 0.6) is 5.88 Å². The number of nitrogens with zero attached hydrogens (tertiary/aromatic N) is 3. The Labute approximate surface area is 215 Å². The van der Waals surface area contributed by atoms with Gasteiger partial charge in [0.2, 0.25) is 17.7 Å². The zero-order valence-corrected chi connectivity index (χ0v) is 21.5. The van der Waals surface area contributed by atoms with Gasteiger partial charge in [-0.3, -0.25) is 9.59 Å². The summed E-state index contributed by atoms with van der Waals surface area (Å²) < 4.78 is 6.16. The fourth-order valence-electron chi connectivity index (χ4n) is 4.99. The molecular weight excluding hydrogens is 497 g/mol. The molecule has 6 nitrogen and oxygen atoms in total. The number of aromatic nitrogens is 1. The minimum Gasteiger partial charge on any atom is -0.474 e. The lowest BCUT2D eigenvalue weighted by molar-refractivity contribution is -0.139. The highest BCUT2D eigenvalue weighted by Crippen LogP contribution is 2.39. The van der Waals surface area contributed by atoms with Crippen molar-refractivity contribution in [2.45, 2.75) is 38.7 Å². The van der Waals surface area contributed by atoms with Gasteiger partial charge in [0.25, 0.3) is 0 Å². The fraction of sp³-hybridized carbons (Fsp3) is 0.480. The first-order valence-corrected chi connectivity index (χ1v) is 12.6. The Morgan fingerprint density at radius 1 is 1.03 bits per heavy atom. The van der Waals surface area contributed by atoms with Crippen LogP contribution in [0.25, 0.3) is 0 Å². The van der Waals surface area contributed by atoms with Crippen molar-refractivity contribution in [2.24, 2.45) is 11.8 Å². The minimum absolute atomic E-state index is 0.0379. The van der Waals surface area contributed by atoms with Gasteiger partial charge in [0.1, 0.15) is 6.10 Å². The second kappa shape index (κ2) is 10.7. The Bertz CT molecular complexity index is 1040. The molecule has 2 saturated heterocycles. The number of carbonyl (C=O) groups excluding carboxylic acids is 2. The third-order valence-electron chi connectivity index (χ3n) is 6.95. The Hall–Kier alpha value is -2.02. The molecule has 0 aliphatic carbocycles. The third-order valence-corrected chi connectivity index (χ3v) is 7.91. The van der Waals surface area contributed by atoms with E-state index < -0.39 is 0 Å². The molecule has 0 N–H and O–H groups in total. The molecule has 3 atom stereocenters.